The molecular weight excluding hydrogens is 456 g/mol. The van der Waals surface area contributed by atoms with Crippen LogP contribution in [0.5, 0.6) is 17.2 Å². The van der Waals surface area contributed by atoms with Crippen LogP contribution in [0.4, 0.5) is 5.69 Å². The van der Waals surface area contributed by atoms with Gasteiger partial charge in [0, 0.05) is 10.7 Å². The molecule has 0 bridgehead atoms. The number of anilines is 1. The highest BCUT2D eigenvalue weighted by atomic mass is 35.5. The Hall–Kier alpha value is -3.11. The van der Waals surface area contributed by atoms with Gasteiger partial charge in [-0.1, -0.05) is 29.8 Å². The first-order chi connectivity index (χ1) is 15.2. The van der Waals surface area contributed by atoms with E-state index in [2.05, 4.69) is 5.32 Å². The number of carbonyl (C=O) groups excluding carboxylic acids is 1. The van der Waals surface area contributed by atoms with Gasteiger partial charge in [-0.3, -0.25) is 4.79 Å². The molecule has 4 N–H and O–H groups in total. The highest BCUT2D eigenvalue weighted by Crippen LogP contribution is 2.31. The summed E-state index contributed by atoms with van der Waals surface area (Å²) < 4.78 is 35.1. The Balaban J connectivity index is 1.76. The van der Waals surface area contributed by atoms with Crippen LogP contribution in [0.2, 0.25) is 5.02 Å². The number of primary sulfonamides is 1. The molecule has 10 heteroatoms. The summed E-state index contributed by atoms with van der Waals surface area (Å²) in [6, 6.07) is 17.5. The molecule has 0 saturated carbocycles. The topological polar surface area (TPSA) is 128 Å². The maximum absolute atomic E-state index is 12.5. The number of halogens is 1. The molecule has 1 amide bonds. The molecule has 3 aromatic rings. The first kappa shape index (κ1) is 23.6. The van der Waals surface area contributed by atoms with Crippen LogP contribution in [0.25, 0.3) is 0 Å². The van der Waals surface area contributed by atoms with Gasteiger partial charge in [0.05, 0.1) is 13.0 Å². The minimum atomic E-state index is -4.14. The van der Waals surface area contributed by atoms with Gasteiger partial charge in [0.1, 0.15) is 28.8 Å². The average Bonchev–Trinajstić information content (AvgIpc) is 2.73. The molecule has 0 aliphatic heterocycles. The summed E-state index contributed by atoms with van der Waals surface area (Å²) in [4.78, 5) is 12.2. The highest BCUT2D eigenvalue weighted by molar-refractivity contribution is 7.89. The minimum absolute atomic E-state index is 0.00139. The Morgan fingerprint density at radius 3 is 2.50 bits per heavy atom. The Bertz CT molecular complexity index is 1220. The quantitative estimate of drug-likeness (QED) is 0.434. The first-order valence-electron chi connectivity index (χ1n) is 9.47. The second kappa shape index (κ2) is 10.5. The number of sulfonamides is 1. The SMILES string of the molecule is NS(=O)(=O)c1cc(NC(=O)Cc2cccc(OCCO)c2)ccc1Oc1cccc(Cl)c1. The highest BCUT2D eigenvalue weighted by Gasteiger charge is 2.18. The van der Waals surface area contributed by atoms with Gasteiger partial charge in [-0.2, -0.15) is 0 Å². The Morgan fingerprint density at radius 2 is 1.78 bits per heavy atom. The third kappa shape index (κ3) is 6.69. The molecule has 8 nitrogen and oxygen atoms in total. The standard InChI is InChI=1S/C22H21ClN2O6S/c23-16-4-2-6-19(13-16)31-20-8-7-17(14-21(20)32(24,28)29)25-22(27)12-15-3-1-5-18(11-15)30-10-9-26/h1-8,11,13-14,26H,9-10,12H2,(H,25,27)(H2,24,28,29). The lowest BCUT2D eigenvalue weighted by Crippen LogP contribution is -2.17. The molecule has 0 aromatic heterocycles. The number of nitrogens with one attached hydrogen (secondary N) is 1. The lowest BCUT2D eigenvalue weighted by Gasteiger charge is -2.13. The molecular formula is C22H21ClN2O6S. The normalized spacial score (nSPS) is 11.1. The molecule has 0 saturated heterocycles. The number of hydrogen-bond acceptors (Lipinski definition) is 6. The van der Waals surface area contributed by atoms with Gasteiger partial charge in [0.2, 0.25) is 15.9 Å². The molecule has 0 radical (unpaired) electrons. The van der Waals surface area contributed by atoms with Gasteiger partial charge in [-0.15, -0.1) is 0 Å². The van der Waals surface area contributed by atoms with Crippen LogP contribution in [0.1, 0.15) is 5.56 Å². The summed E-state index contributed by atoms with van der Waals surface area (Å²) in [7, 11) is -4.14. The number of carbonyl (C=O) groups is 1. The zero-order valence-corrected chi connectivity index (χ0v) is 18.4. The summed E-state index contributed by atoms with van der Waals surface area (Å²) in [5.74, 6) is 0.501. The van der Waals surface area contributed by atoms with E-state index in [-0.39, 0.29) is 41.9 Å². The van der Waals surface area contributed by atoms with Crippen LogP contribution < -0.4 is 19.9 Å². The fraction of sp³-hybridized carbons (Fsp3) is 0.136. The summed E-state index contributed by atoms with van der Waals surface area (Å²) in [5.41, 5.74) is 0.927. The maximum Gasteiger partial charge on any atom is 0.241 e. The van der Waals surface area contributed by atoms with Crippen molar-refractivity contribution < 1.29 is 27.8 Å². The average molecular weight is 477 g/mol. The number of rotatable bonds is 9. The number of benzene rings is 3. The predicted octanol–water partition coefficient (Wildman–Crippen LogP) is 3.33. The smallest absolute Gasteiger partial charge is 0.241 e. The van der Waals surface area contributed by atoms with E-state index in [9.17, 15) is 13.2 Å². The van der Waals surface area contributed by atoms with Crippen molar-refractivity contribution in [2.75, 3.05) is 18.5 Å². The van der Waals surface area contributed by atoms with Crippen molar-refractivity contribution in [3.63, 3.8) is 0 Å². The maximum atomic E-state index is 12.5. The molecule has 3 aromatic carbocycles. The van der Waals surface area contributed by atoms with Gasteiger partial charge in [0.25, 0.3) is 0 Å². The minimum Gasteiger partial charge on any atom is -0.491 e. The summed E-state index contributed by atoms with van der Waals surface area (Å²) >= 11 is 5.94. The number of hydrogen-bond donors (Lipinski definition) is 3. The lowest BCUT2D eigenvalue weighted by atomic mass is 10.1. The van der Waals surface area contributed by atoms with E-state index >= 15 is 0 Å². The van der Waals surface area contributed by atoms with Gasteiger partial charge < -0.3 is 19.9 Å². The second-order valence-corrected chi connectivity index (χ2v) is 8.68. The van der Waals surface area contributed by atoms with Crippen molar-refractivity contribution in [1.29, 1.82) is 0 Å². The second-order valence-electron chi connectivity index (χ2n) is 6.71. The van der Waals surface area contributed by atoms with Gasteiger partial charge in [-0.25, -0.2) is 13.6 Å². The van der Waals surface area contributed by atoms with Crippen LogP contribution in [0, 0.1) is 0 Å². The molecule has 0 unspecified atom stereocenters. The van der Waals surface area contributed by atoms with Gasteiger partial charge in [-0.05, 0) is 54.1 Å². The van der Waals surface area contributed by atoms with E-state index < -0.39 is 10.0 Å². The molecule has 168 valence electrons. The van der Waals surface area contributed by atoms with Crippen molar-refractivity contribution in [2.45, 2.75) is 11.3 Å². The number of aliphatic hydroxyl groups excluding tert-OH is 1. The number of nitrogens with two attached hydrogens (primary N) is 1. The summed E-state index contributed by atoms with van der Waals surface area (Å²) in [5, 5.41) is 17.3. The Kier molecular flexibility index (Phi) is 7.70. The van der Waals surface area contributed by atoms with Crippen molar-refractivity contribution in [3.8, 4) is 17.2 Å². The van der Waals surface area contributed by atoms with Crippen molar-refractivity contribution in [2.24, 2.45) is 5.14 Å². The Morgan fingerprint density at radius 1 is 1.03 bits per heavy atom. The van der Waals surface area contributed by atoms with Crippen LogP contribution >= 0.6 is 11.6 Å². The van der Waals surface area contributed by atoms with E-state index in [1.54, 1.807) is 42.5 Å². The lowest BCUT2D eigenvalue weighted by molar-refractivity contribution is -0.115. The molecule has 0 aliphatic rings. The summed E-state index contributed by atoms with van der Waals surface area (Å²) in [6.45, 7) is 0.0315. The van der Waals surface area contributed by atoms with E-state index in [1.807, 2.05) is 0 Å². The van der Waals surface area contributed by atoms with Gasteiger partial charge in [0.15, 0.2) is 0 Å². The number of aliphatic hydroxyl groups is 1. The zero-order valence-electron chi connectivity index (χ0n) is 16.8. The molecule has 32 heavy (non-hydrogen) atoms. The van der Waals surface area contributed by atoms with E-state index in [1.165, 1.54) is 24.3 Å². The fourth-order valence-corrected chi connectivity index (χ4v) is 3.71. The largest absolute Gasteiger partial charge is 0.491 e. The van der Waals surface area contributed by atoms with Crippen LogP contribution in [-0.4, -0.2) is 32.6 Å². The van der Waals surface area contributed by atoms with Crippen molar-refractivity contribution in [1.82, 2.24) is 0 Å². The van der Waals surface area contributed by atoms with Gasteiger partial charge >= 0.3 is 0 Å². The first-order valence-corrected chi connectivity index (χ1v) is 11.4. The van der Waals surface area contributed by atoms with Crippen LogP contribution in [0.3, 0.4) is 0 Å². The van der Waals surface area contributed by atoms with Crippen LogP contribution in [0.15, 0.2) is 71.6 Å². The monoisotopic (exact) mass is 476 g/mol. The van der Waals surface area contributed by atoms with E-state index in [0.29, 0.717) is 22.1 Å². The molecule has 0 atom stereocenters. The van der Waals surface area contributed by atoms with E-state index in [0.717, 1.165) is 0 Å². The zero-order chi connectivity index (χ0) is 23.1. The molecule has 3 rings (SSSR count). The van der Waals surface area contributed by atoms with E-state index in [4.69, 9.17) is 31.3 Å². The molecule has 0 fully saturated rings. The molecule has 0 heterocycles. The molecule has 0 spiro atoms. The third-order valence-electron chi connectivity index (χ3n) is 4.18. The summed E-state index contributed by atoms with van der Waals surface area (Å²) in [6.07, 6.45) is 0.0296. The number of ether oxygens (including phenoxy) is 2. The Labute approximate surface area is 190 Å². The van der Waals surface area contributed by atoms with Crippen molar-refractivity contribution >= 4 is 33.2 Å². The number of amides is 1. The predicted molar refractivity (Wildman–Crippen MR) is 121 cm³/mol. The van der Waals surface area contributed by atoms with Crippen molar-refractivity contribution in [3.05, 3.63) is 77.3 Å². The van der Waals surface area contributed by atoms with Crippen LogP contribution in [-0.2, 0) is 21.2 Å². The fourth-order valence-electron chi connectivity index (χ4n) is 2.85. The molecule has 0 aliphatic carbocycles. The third-order valence-corrected chi connectivity index (χ3v) is 5.35.